The van der Waals surface area contributed by atoms with E-state index < -0.39 is 0 Å². The fourth-order valence-corrected chi connectivity index (χ4v) is 4.02. The molecular weight excluding hydrogens is 543 g/mol. The lowest BCUT2D eigenvalue weighted by atomic mass is 10.0. The molecule has 1 amide bonds. The summed E-state index contributed by atoms with van der Waals surface area (Å²) in [5.74, 6) is 2.51. The second kappa shape index (κ2) is 12.0. The number of benzene rings is 2. The van der Waals surface area contributed by atoms with E-state index in [9.17, 15) is 4.79 Å². The molecular formula is C25H33IN6O2. The zero-order chi connectivity index (χ0) is 23.2. The highest BCUT2D eigenvalue weighted by atomic mass is 127. The predicted molar refractivity (Wildman–Crippen MR) is 146 cm³/mol. The number of aliphatic imine (C=N–C) groups is 1. The molecule has 9 heteroatoms. The van der Waals surface area contributed by atoms with Gasteiger partial charge in [0, 0.05) is 39.2 Å². The fraction of sp³-hybridized carbons (Fsp3) is 0.400. The first-order chi connectivity index (χ1) is 16.0. The molecule has 2 heterocycles. The van der Waals surface area contributed by atoms with Crippen LogP contribution in [0.5, 0.6) is 5.75 Å². The van der Waals surface area contributed by atoms with E-state index in [4.69, 9.17) is 4.74 Å². The molecule has 1 aromatic heterocycles. The fourth-order valence-electron chi connectivity index (χ4n) is 4.02. The number of carbonyl (C=O) groups excluding carboxylic acids is 1. The van der Waals surface area contributed by atoms with Crippen molar-refractivity contribution in [1.82, 2.24) is 25.1 Å². The van der Waals surface area contributed by atoms with Crippen molar-refractivity contribution in [3.05, 3.63) is 59.9 Å². The third kappa shape index (κ3) is 6.19. The molecule has 3 aromatic rings. The van der Waals surface area contributed by atoms with Crippen molar-refractivity contribution in [3.63, 3.8) is 0 Å². The number of rotatable bonds is 7. The highest BCUT2D eigenvalue weighted by Crippen LogP contribution is 2.31. The van der Waals surface area contributed by atoms with Crippen molar-refractivity contribution in [3.8, 4) is 5.75 Å². The second-order valence-electron chi connectivity index (χ2n) is 8.40. The van der Waals surface area contributed by atoms with Gasteiger partial charge in [0.15, 0.2) is 5.96 Å². The van der Waals surface area contributed by atoms with Crippen molar-refractivity contribution in [2.45, 2.75) is 32.4 Å². The number of guanidine groups is 1. The van der Waals surface area contributed by atoms with Gasteiger partial charge >= 0.3 is 0 Å². The molecule has 0 saturated heterocycles. The molecule has 0 radical (unpaired) electrons. The van der Waals surface area contributed by atoms with Crippen molar-refractivity contribution >= 4 is 46.9 Å². The molecule has 34 heavy (non-hydrogen) atoms. The van der Waals surface area contributed by atoms with Crippen LogP contribution in [0.1, 0.15) is 30.3 Å². The number of aromatic nitrogens is 2. The number of nitrogens with one attached hydrogen (secondary N) is 2. The molecule has 0 bridgehead atoms. The minimum Gasteiger partial charge on any atom is -0.493 e. The van der Waals surface area contributed by atoms with Gasteiger partial charge in [0.25, 0.3) is 0 Å². The number of hydrogen-bond acceptors (Lipinski definition) is 4. The number of aryl methyl sites for hydroxylation is 2. The third-order valence-electron chi connectivity index (χ3n) is 5.84. The molecule has 1 atom stereocenters. The van der Waals surface area contributed by atoms with Crippen molar-refractivity contribution in [2.75, 3.05) is 33.8 Å². The Hall–Kier alpha value is -2.82. The number of amides is 1. The lowest BCUT2D eigenvalue weighted by Gasteiger charge is -2.28. The van der Waals surface area contributed by atoms with E-state index in [0.29, 0.717) is 12.6 Å². The molecule has 0 spiro atoms. The molecule has 0 aliphatic carbocycles. The minimum absolute atomic E-state index is 0. The highest BCUT2D eigenvalue weighted by Gasteiger charge is 2.22. The Labute approximate surface area is 217 Å². The van der Waals surface area contributed by atoms with E-state index >= 15 is 0 Å². The van der Waals surface area contributed by atoms with Crippen LogP contribution in [0, 0.1) is 6.92 Å². The molecule has 0 saturated carbocycles. The zero-order valence-corrected chi connectivity index (χ0v) is 22.3. The summed E-state index contributed by atoms with van der Waals surface area (Å²) in [7, 11) is 3.48. The van der Waals surface area contributed by atoms with Crippen molar-refractivity contribution < 1.29 is 9.53 Å². The van der Waals surface area contributed by atoms with Crippen LogP contribution in [0.3, 0.4) is 0 Å². The van der Waals surface area contributed by atoms with Gasteiger partial charge in [0.2, 0.25) is 5.91 Å². The molecule has 2 aromatic carbocycles. The van der Waals surface area contributed by atoms with Crippen LogP contribution in [-0.2, 0) is 11.3 Å². The molecule has 8 nitrogen and oxygen atoms in total. The van der Waals surface area contributed by atoms with E-state index in [0.717, 1.165) is 54.1 Å². The summed E-state index contributed by atoms with van der Waals surface area (Å²) in [6.45, 7) is 4.35. The van der Waals surface area contributed by atoms with Crippen LogP contribution in [0.2, 0.25) is 0 Å². The lowest BCUT2D eigenvalue weighted by molar-refractivity contribution is -0.127. The molecule has 182 valence electrons. The van der Waals surface area contributed by atoms with Crippen molar-refractivity contribution in [2.24, 2.45) is 4.99 Å². The number of halogens is 1. The monoisotopic (exact) mass is 576 g/mol. The van der Waals surface area contributed by atoms with Crippen LogP contribution in [0.15, 0.2) is 53.5 Å². The first-order valence-electron chi connectivity index (χ1n) is 11.4. The predicted octanol–water partition coefficient (Wildman–Crippen LogP) is 3.50. The van der Waals surface area contributed by atoms with Crippen LogP contribution in [-0.4, -0.2) is 60.1 Å². The van der Waals surface area contributed by atoms with Gasteiger partial charge in [-0.05, 0) is 31.5 Å². The topological polar surface area (TPSA) is 83.8 Å². The Morgan fingerprint density at radius 2 is 1.97 bits per heavy atom. The molecule has 1 aliphatic heterocycles. The summed E-state index contributed by atoms with van der Waals surface area (Å²) < 4.78 is 8.02. The SMILES string of the molecule is Cc1nc2ccccc2n1CCCNC(=NCC(=O)N(C)C)NC1CCOc2ccccc21.I. The molecule has 0 fully saturated rings. The first-order valence-corrected chi connectivity index (χ1v) is 11.4. The maximum atomic E-state index is 12.1. The lowest BCUT2D eigenvalue weighted by Crippen LogP contribution is -2.42. The Morgan fingerprint density at radius 1 is 1.21 bits per heavy atom. The first kappa shape index (κ1) is 25.8. The summed E-state index contributed by atoms with van der Waals surface area (Å²) in [6, 6.07) is 16.3. The van der Waals surface area contributed by atoms with Gasteiger partial charge in [-0.15, -0.1) is 24.0 Å². The number of likely N-dealkylation sites (N-methyl/N-ethyl adjacent to an activating group) is 1. The number of fused-ring (bicyclic) bond motifs is 2. The Balaban J connectivity index is 0.00000324. The maximum Gasteiger partial charge on any atom is 0.243 e. The van der Waals surface area contributed by atoms with Crippen LogP contribution in [0.4, 0.5) is 0 Å². The standard InChI is InChI=1S/C25H32N6O2.HI/c1-18-28-21-10-5-6-11-22(21)31(18)15-8-14-26-25(27-17-24(32)30(2)3)29-20-13-16-33-23-12-7-4-9-19(20)23;/h4-7,9-12,20H,8,13-17H2,1-3H3,(H2,26,27,29);1H. The summed E-state index contributed by atoms with van der Waals surface area (Å²) in [6.07, 6.45) is 1.73. The van der Waals surface area contributed by atoms with E-state index in [2.05, 4.69) is 37.3 Å². The third-order valence-corrected chi connectivity index (χ3v) is 5.84. The van der Waals surface area contributed by atoms with Gasteiger partial charge in [-0.3, -0.25) is 4.79 Å². The highest BCUT2D eigenvalue weighted by molar-refractivity contribution is 14.0. The van der Waals surface area contributed by atoms with Gasteiger partial charge in [-0.1, -0.05) is 30.3 Å². The number of carbonyl (C=O) groups is 1. The molecule has 4 rings (SSSR count). The Bertz CT molecular complexity index is 1140. The van der Waals surface area contributed by atoms with Gasteiger partial charge in [-0.25, -0.2) is 9.98 Å². The maximum absolute atomic E-state index is 12.1. The molecule has 1 aliphatic rings. The minimum atomic E-state index is -0.0380. The second-order valence-corrected chi connectivity index (χ2v) is 8.40. The van der Waals surface area contributed by atoms with E-state index in [-0.39, 0.29) is 42.5 Å². The van der Waals surface area contributed by atoms with Gasteiger partial charge in [-0.2, -0.15) is 0 Å². The Morgan fingerprint density at radius 3 is 2.79 bits per heavy atom. The average Bonchev–Trinajstić information content (AvgIpc) is 3.14. The molecule has 2 N–H and O–H groups in total. The Kier molecular flexibility index (Phi) is 9.14. The summed E-state index contributed by atoms with van der Waals surface area (Å²) >= 11 is 0. The number of imidazole rings is 1. The number of ether oxygens (including phenoxy) is 1. The van der Waals surface area contributed by atoms with Gasteiger partial charge < -0.3 is 24.8 Å². The van der Waals surface area contributed by atoms with E-state index in [1.54, 1.807) is 19.0 Å². The number of para-hydroxylation sites is 3. The molecule has 1 unspecified atom stereocenters. The van der Waals surface area contributed by atoms with Crippen molar-refractivity contribution in [1.29, 1.82) is 0 Å². The summed E-state index contributed by atoms with van der Waals surface area (Å²) in [5, 5.41) is 6.93. The van der Waals surface area contributed by atoms with Crippen LogP contribution < -0.4 is 15.4 Å². The van der Waals surface area contributed by atoms with Gasteiger partial charge in [0.05, 0.1) is 23.7 Å². The van der Waals surface area contributed by atoms with E-state index in [1.807, 2.05) is 43.3 Å². The zero-order valence-electron chi connectivity index (χ0n) is 20.0. The largest absolute Gasteiger partial charge is 0.493 e. The summed E-state index contributed by atoms with van der Waals surface area (Å²) in [4.78, 5) is 22.9. The average molecular weight is 576 g/mol. The normalized spacial score (nSPS) is 15.1. The van der Waals surface area contributed by atoms with E-state index in [1.165, 1.54) is 0 Å². The summed E-state index contributed by atoms with van der Waals surface area (Å²) in [5.41, 5.74) is 3.28. The van der Waals surface area contributed by atoms with Crippen LogP contribution >= 0.6 is 24.0 Å². The smallest absolute Gasteiger partial charge is 0.243 e. The van der Waals surface area contributed by atoms with Gasteiger partial charge in [0.1, 0.15) is 18.1 Å². The number of hydrogen-bond donors (Lipinski definition) is 2. The van der Waals surface area contributed by atoms with Crippen LogP contribution in [0.25, 0.3) is 11.0 Å². The number of nitrogens with zero attached hydrogens (tertiary/aromatic N) is 4. The quantitative estimate of drug-likeness (QED) is 0.195.